The van der Waals surface area contributed by atoms with Gasteiger partial charge in [0.1, 0.15) is 0 Å². The first-order chi connectivity index (χ1) is 8.21. The Morgan fingerprint density at radius 2 is 1.88 bits per heavy atom. The van der Waals surface area contributed by atoms with Crippen molar-refractivity contribution in [1.29, 1.82) is 0 Å². The summed E-state index contributed by atoms with van der Waals surface area (Å²) >= 11 is 0. The molecule has 1 nitrogen and oxygen atoms in total. The van der Waals surface area contributed by atoms with Crippen LogP contribution in [0.3, 0.4) is 0 Å². The molecule has 1 heteroatoms. The molecule has 0 unspecified atom stereocenters. The highest BCUT2D eigenvalue weighted by molar-refractivity contribution is 5.35. The van der Waals surface area contributed by atoms with Crippen LogP contribution in [0, 0.1) is 11.8 Å². The molecule has 92 valence electrons. The highest BCUT2D eigenvalue weighted by Crippen LogP contribution is 2.49. The second-order valence-electron chi connectivity index (χ2n) is 6.02. The fourth-order valence-electron chi connectivity index (χ4n) is 3.57. The Bertz CT molecular complexity index is 400. The average molecular weight is 230 g/mol. The van der Waals surface area contributed by atoms with Crippen molar-refractivity contribution in [3.63, 3.8) is 0 Å². The smallest absolute Gasteiger partial charge is 0.0939 e. The summed E-state index contributed by atoms with van der Waals surface area (Å²) in [6, 6.07) is 8.78. The van der Waals surface area contributed by atoms with Crippen molar-refractivity contribution >= 4 is 0 Å². The number of rotatable bonds is 1. The molecule has 0 aromatic heterocycles. The lowest BCUT2D eigenvalue weighted by Gasteiger charge is -2.38. The standard InChI is InChI=1S/C16H22O/c1-12(2)13-7-9-16(10-8-13)15-6-4-3-5-14(15)11-17-16/h3-6,12-13H,7-11H2,1-2H3/t13-,16-. The first-order valence-corrected chi connectivity index (χ1v) is 6.94. The van der Waals surface area contributed by atoms with Crippen molar-refractivity contribution in [2.75, 3.05) is 0 Å². The molecule has 1 aliphatic heterocycles. The Hall–Kier alpha value is -0.820. The quantitative estimate of drug-likeness (QED) is 0.700. The van der Waals surface area contributed by atoms with E-state index in [-0.39, 0.29) is 5.60 Å². The topological polar surface area (TPSA) is 9.23 Å². The maximum Gasteiger partial charge on any atom is 0.0939 e. The van der Waals surface area contributed by atoms with Gasteiger partial charge in [0, 0.05) is 0 Å². The number of hydrogen-bond acceptors (Lipinski definition) is 1. The van der Waals surface area contributed by atoms with Crippen LogP contribution in [0.2, 0.25) is 0 Å². The van der Waals surface area contributed by atoms with E-state index in [1.807, 2.05) is 0 Å². The second-order valence-corrected chi connectivity index (χ2v) is 6.02. The lowest BCUT2D eigenvalue weighted by Crippen LogP contribution is -2.32. The van der Waals surface area contributed by atoms with E-state index in [1.54, 1.807) is 0 Å². The summed E-state index contributed by atoms with van der Waals surface area (Å²) in [6.45, 7) is 5.53. The molecule has 1 aliphatic carbocycles. The predicted molar refractivity (Wildman–Crippen MR) is 69.7 cm³/mol. The van der Waals surface area contributed by atoms with Gasteiger partial charge in [-0.15, -0.1) is 0 Å². The van der Waals surface area contributed by atoms with Crippen LogP contribution in [0.4, 0.5) is 0 Å². The van der Waals surface area contributed by atoms with Gasteiger partial charge in [-0.1, -0.05) is 38.1 Å². The van der Waals surface area contributed by atoms with Crippen molar-refractivity contribution in [1.82, 2.24) is 0 Å². The van der Waals surface area contributed by atoms with Crippen LogP contribution < -0.4 is 0 Å². The van der Waals surface area contributed by atoms with Gasteiger partial charge in [-0.2, -0.15) is 0 Å². The molecule has 0 saturated heterocycles. The van der Waals surface area contributed by atoms with Gasteiger partial charge in [-0.3, -0.25) is 0 Å². The van der Waals surface area contributed by atoms with Gasteiger partial charge in [-0.25, -0.2) is 0 Å². The molecule has 0 amide bonds. The van der Waals surface area contributed by atoms with Crippen LogP contribution in [0.5, 0.6) is 0 Å². The zero-order chi connectivity index (χ0) is 11.9. The lowest BCUT2D eigenvalue weighted by atomic mass is 9.72. The number of hydrogen-bond donors (Lipinski definition) is 0. The highest BCUT2D eigenvalue weighted by atomic mass is 16.5. The minimum Gasteiger partial charge on any atom is -0.366 e. The fourth-order valence-corrected chi connectivity index (χ4v) is 3.57. The molecule has 0 N–H and O–H groups in total. The SMILES string of the molecule is CC(C)[C@H]1CC[C@@]2(CC1)OCc1ccccc12. The molecule has 1 aromatic carbocycles. The Morgan fingerprint density at radius 1 is 1.18 bits per heavy atom. The van der Waals surface area contributed by atoms with Crippen molar-refractivity contribution < 1.29 is 4.74 Å². The first-order valence-electron chi connectivity index (χ1n) is 6.94. The molecular weight excluding hydrogens is 208 g/mol. The van der Waals surface area contributed by atoms with Gasteiger partial charge in [0.25, 0.3) is 0 Å². The van der Waals surface area contributed by atoms with E-state index in [0.29, 0.717) is 0 Å². The molecule has 0 atom stereocenters. The summed E-state index contributed by atoms with van der Waals surface area (Å²) in [6.07, 6.45) is 5.08. The van der Waals surface area contributed by atoms with Gasteiger partial charge < -0.3 is 4.74 Å². The van der Waals surface area contributed by atoms with Crippen LogP contribution >= 0.6 is 0 Å². The van der Waals surface area contributed by atoms with Crippen LogP contribution in [0.1, 0.15) is 50.7 Å². The van der Waals surface area contributed by atoms with E-state index >= 15 is 0 Å². The largest absolute Gasteiger partial charge is 0.366 e. The number of benzene rings is 1. The van der Waals surface area contributed by atoms with Gasteiger partial charge in [0.2, 0.25) is 0 Å². The van der Waals surface area contributed by atoms with Crippen LogP contribution in [-0.4, -0.2) is 0 Å². The molecule has 1 saturated carbocycles. The Kier molecular flexibility index (Phi) is 2.74. The van der Waals surface area contributed by atoms with Crippen molar-refractivity contribution in [2.45, 2.75) is 51.7 Å². The van der Waals surface area contributed by atoms with Crippen molar-refractivity contribution in [2.24, 2.45) is 11.8 Å². The molecule has 1 spiro atoms. The molecule has 17 heavy (non-hydrogen) atoms. The maximum atomic E-state index is 6.18. The molecule has 1 heterocycles. The van der Waals surface area contributed by atoms with Crippen molar-refractivity contribution in [3.05, 3.63) is 35.4 Å². The molecule has 0 bridgehead atoms. The maximum absolute atomic E-state index is 6.18. The first kappa shape index (κ1) is 11.3. The predicted octanol–water partition coefficient (Wildman–Crippen LogP) is 4.26. The minimum atomic E-state index is 0.0714. The summed E-state index contributed by atoms with van der Waals surface area (Å²) in [5, 5.41) is 0. The van der Waals surface area contributed by atoms with E-state index in [4.69, 9.17) is 4.74 Å². The molecule has 3 rings (SSSR count). The fraction of sp³-hybridized carbons (Fsp3) is 0.625. The molecule has 2 aliphatic rings. The van der Waals surface area contributed by atoms with Gasteiger partial charge in [-0.05, 0) is 48.6 Å². The van der Waals surface area contributed by atoms with E-state index in [2.05, 4.69) is 38.1 Å². The van der Waals surface area contributed by atoms with E-state index in [1.165, 1.54) is 36.8 Å². The van der Waals surface area contributed by atoms with E-state index in [0.717, 1.165) is 18.4 Å². The zero-order valence-corrected chi connectivity index (χ0v) is 10.9. The minimum absolute atomic E-state index is 0.0714. The summed E-state index contributed by atoms with van der Waals surface area (Å²) in [7, 11) is 0. The zero-order valence-electron chi connectivity index (χ0n) is 10.9. The number of fused-ring (bicyclic) bond motifs is 2. The van der Waals surface area contributed by atoms with Gasteiger partial charge >= 0.3 is 0 Å². The number of ether oxygens (including phenoxy) is 1. The third-order valence-electron chi connectivity index (χ3n) is 4.79. The third kappa shape index (κ3) is 1.81. The van der Waals surface area contributed by atoms with Gasteiger partial charge in [0.15, 0.2) is 0 Å². The Labute approximate surface area is 104 Å². The monoisotopic (exact) mass is 230 g/mol. The molecular formula is C16H22O. The summed E-state index contributed by atoms with van der Waals surface area (Å²) < 4.78 is 6.18. The van der Waals surface area contributed by atoms with Crippen LogP contribution in [0.15, 0.2) is 24.3 Å². The Morgan fingerprint density at radius 3 is 2.59 bits per heavy atom. The highest BCUT2D eigenvalue weighted by Gasteiger charge is 2.42. The van der Waals surface area contributed by atoms with Gasteiger partial charge in [0.05, 0.1) is 12.2 Å². The second kappa shape index (κ2) is 4.13. The van der Waals surface area contributed by atoms with Crippen LogP contribution in [0.25, 0.3) is 0 Å². The summed E-state index contributed by atoms with van der Waals surface area (Å²) in [4.78, 5) is 0. The van der Waals surface area contributed by atoms with Crippen molar-refractivity contribution in [3.8, 4) is 0 Å². The summed E-state index contributed by atoms with van der Waals surface area (Å²) in [5.74, 6) is 1.72. The normalized spacial score (nSPS) is 32.1. The summed E-state index contributed by atoms with van der Waals surface area (Å²) in [5.41, 5.74) is 2.96. The third-order valence-corrected chi connectivity index (χ3v) is 4.79. The average Bonchev–Trinajstić information content (AvgIpc) is 2.70. The molecule has 1 aromatic rings. The molecule has 0 radical (unpaired) electrons. The van der Waals surface area contributed by atoms with E-state index < -0.39 is 0 Å². The lowest BCUT2D eigenvalue weighted by molar-refractivity contribution is -0.0757. The molecule has 1 fully saturated rings. The van der Waals surface area contributed by atoms with E-state index in [9.17, 15) is 0 Å². The Balaban J connectivity index is 1.82. The van der Waals surface area contributed by atoms with Crippen LogP contribution in [-0.2, 0) is 16.9 Å².